The van der Waals surface area contributed by atoms with E-state index in [4.69, 9.17) is 4.98 Å². The van der Waals surface area contributed by atoms with E-state index in [9.17, 15) is 5.11 Å². The molecule has 1 aliphatic heterocycles. The normalized spacial score (nSPS) is 14.8. The molecular formula is C24H26N6O. The monoisotopic (exact) mass is 414 g/mol. The van der Waals surface area contributed by atoms with Gasteiger partial charge in [-0.25, -0.2) is 4.98 Å². The number of hydrogen-bond acceptors (Lipinski definition) is 6. The molecule has 1 aliphatic rings. The molecule has 1 fully saturated rings. The largest absolute Gasteiger partial charge is 0.507 e. The first kappa shape index (κ1) is 19.6. The minimum absolute atomic E-state index is 0.173. The molecule has 31 heavy (non-hydrogen) atoms. The second-order valence-electron chi connectivity index (χ2n) is 8.18. The number of phenols is 1. The highest BCUT2D eigenvalue weighted by Gasteiger charge is 2.28. The quantitative estimate of drug-likeness (QED) is 0.535. The standard InChI is InChI=1S/C24H26N6O/c1-4-15-10-21(25-22-14-29(3)28-24(15)22)16-6-7-18(23(31)11-16)20-9-8-19(26-27-20)17-12-30(5-2)13-17/h6-11,14,17,31H,4-5,12-13H2,1-3H3. The number of likely N-dealkylation sites (N-methyl/N-ethyl adjacent to an activating group) is 1. The number of pyridine rings is 1. The Hall–Kier alpha value is -3.32. The molecule has 5 rings (SSSR count). The summed E-state index contributed by atoms with van der Waals surface area (Å²) in [7, 11) is 1.90. The lowest BCUT2D eigenvalue weighted by Gasteiger charge is -2.37. The maximum Gasteiger partial charge on any atom is 0.125 e. The summed E-state index contributed by atoms with van der Waals surface area (Å²) in [6, 6.07) is 11.6. The van der Waals surface area contributed by atoms with Crippen molar-refractivity contribution in [3.63, 3.8) is 0 Å². The van der Waals surface area contributed by atoms with E-state index < -0.39 is 0 Å². The van der Waals surface area contributed by atoms with E-state index in [1.165, 1.54) is 0 Å². The average molecular weight is 415 g/mol. The van der Waals surface area contributed by atoms with E-state index in [1.54, 1.807) is 10.7 Å². The van der Waals surface area contributed by atoms with E-state index in [-0.39, 0.29) is 5.75 Å². The lowest BCUT2D eigenvalue weighted by atomic mass is 9.96. The Balaban J connectivity index is 1.43. The van der Waals surface area contributed by atoms with Gasteiger partial charge in [-0.1, -0.05) is 19.9 Å². The third-order valence-electron chi connectivity index (χ3n) is 6.12. The molecule has 1 aromatic carbocycles. The molecular weight excluding hydrogens is 388 g/mol. The van der Waals surface area contributed by atoms with Gasteiger partial charge in [-0.2, -0.15) is 15.3 Å². The summed E-state index contributed by atoms with van der Waals surface area (Å²) in [5.41, 5.74) is 6.98. The number of rotatable bonds is 5. The molecule has 158 valence electrons. The van der Waals surface area contributed by atoms with E-state index in [1.807, 2.05) is 37.5 Å². The van der Waals surface area contributed by atoms with Crippen LogP contribution in [0.4, 0.5) is 0 Å². The molecule has 7 heteroatoms. The summed E-state index contributed by atoms with van der Waals surface area (Å²) in [5.74, 6) is 0.630. The predicted molar refractivity (Wildman–Crippen MR) is 121 cm³/mol. The predicted octanol–water partition coefficient (Wildman–Crippen LogP) is 3.78. The minimum atomic E-state index is 0.173. The molecule has 1 saturated heterocycles. The molecule has 4 heterocycles. The molecule has 0 bridgehead atoms. The van der Waals surface area contributed by atoms with Crippen molar-refractivity contribution in [2.24, 2.45) is 7.05 Å². The molecule has 0 spiro atoms. The highest BCUT2D eigenvalue weighted by atomic mass is 16.3. The SMILES string of the molecule is CCc1cc(-c2ccc(-c3ccc(C4CN(CC)C4)nn3)c(O)c2)nc2cn(C)nc12. The lowest BCUT2D eigenvalue weighted by Crippen LogP contribution is -2.44. The van der Waals surface area contributed by atoms with Gasteiger partial charge in [0, 0.05) is 37.2 Å². The van der Waals surface area contributed by atoms with Gasteiger partial charge < -0.3 is 10.0 Å². The van der Waals surface area contributed by atoms with Gasteiger partial charge in [0.1, 0.15) is 16.8 Å². The maximum absolute atomic E-state index is 10.7. The third-order valence-corrected chi connectivity index (χ3v) is 6.12. The molecule has 0 unspecified atom stereocenters. The van der Waals surface area contributed by atoms with Crippen LogP contribution in [0.5, 0.6) is 5.75 Å². The van der Waals surface area contributed by atoms with Crippen LogP contribution in [-0.2, 0) is 13.5 Å². The van der Waals surface area contributed by atoms with Crippen LogP contribution in [0.2, 0.25) is 0 Å². The Bertz CT molecular complexity index is 1240. The second-order valence-corrected chi connectivity index (χ2v) is 8.18. The summed E-state index contributed by atoms with van der Waals surface area (Å²) < 4.78 is 1.78. The average Bonchev–Trinajstić information content (AvgIpc) is 3.13. The van der Waals surface area contributed by atoms with E-state index in [0.29, 0.717) is 17.2 Å². The van der Waals surface area contributed by atoms with Gasteiger partial charge in [-0.3, -0.25) is 4.68 Å². The van der Waals surface area contributed by atoms with Crippen LogP contribution in [-0.4, -0.2) is 54.6 Å². The Morgan fingerprint density at radius 2 is 1.87 bits per heavy atom. The van der Waals surface area contributed by atoms with Gasteiger partial charge in [0.05, 0.1) is 23.3 Å². The Morgan fingerprint density at radius 1 is 1.03 bits per heavy atom. The highest BCUT2D eigenvalue weighted by Crippen LogP contribution is 2.34. The number of likely N-dealkylation sites (tertiary alicyclic amines) is 1. The lowest BCUT2D eigenvalue weighted by molar-refractivity contribution is 0.154. The number of aryl methyl sites for hydroxylation is 2. The van der Waals surface area contributed by atoms with Gasteiger partial charge in [-0.05, 0) is 48.9 Å². The summed E-state index contributed by atoms with van der Waals surface area (Å²) in [6.45, 7) is 7.44. The van der Waals surface area contributed by atoms with Crippen molar-refractivity contribution in [2.75, 3.05) is 19.6 Å². The third kappa shape index (κ3) is 3.55. The van der Waals surface area contributed by atoms with Crippen LogP contribution in [0.25, 0.3) is 33.5 Å². The Kier molecular flexibility index (Phi) is 4.90. The first-order valence-corrected chi connectivity index (χ1v) is 10.8. The zero-order valence-electron chi connectivity index (χ0n) is 18.1. The smallest absolute Gasteiger partial charge is 0.125 e. The highest BCUT2D eigenvalue weighted by molar-refractivity contribution is 5.82. The minimum Gasteiger partial charge on any atom is -0.507 e. The van der Waals surface area contributed by atoms with Crippen molar-refractivity contribution < 1.29 is 5.11 Å². The second kappa shape index (κ2) is 7.74. The molecule has 1 N–H and O–H groups in total. The van der Waals surface area contributed by atoms with Crippen molar-refractivity contribution in [3.05, 3.63) is 53.9 Å². The van der Waals surface area contributed by atoms with Crippen molar-refractivity contribution in [2.45, 2.75) is 26.2 Å². The van der Waals surface area contributed by atoms with Crippen molar-refractivity contribution in [1.29, 1.82) is 0 Å². The van der Waals surface area contributed by atoms with Crippen molar-refractivity contribution in [1.82, 2.24) is 29.9 Å². The first-order chi connectivity index (χ1) is 15.1. The number of benzene rings is 1. The van der Waals surface area contributed by atoms with Gasteiger partial charge in [0.25, 0.3) is 0 Å². The van der Waals surface area contributed by atoms with Gasteiger partial charge in [0.2, 0.25) is 0 Å². The fraction of sp³-hybridized carbons (Fsp3) is 0.333. The van der Waals surface area contributed by atoms with Crippen LogP contribution in [0, 0.1) is 0 Å². The molecule has 4 aromatic rings. The van der Waals surface area contributed by atoms with Crippen molar-refractivity contribution in [3.8, 4) is 28.3 Å². The maximum atomic E-state index is 10.7. The molecule has 3 aromatic heterocycles. The van der Waals surface area contributed by atoms with Gasteiger partial charge in [0.15, 0.2) is 0 Å². The molecule has 7 nitrogen and oxygen atoms in total. The number of aromatic hydroxyl groups is 1. The summed E-state index contributed by atoms with van der Waals surface area (Å²) in [5, 5.41) is 24.0. The van der Waals surface area contributed by atoms with Crippen LogP contribution in [0.3, 0.4) is 0 Å². The summed E-state index contributed by atoms with van der Waals surface area (Å²) >= 11 is 0. The fourth-order valence-corrected chi connectivity index (χ4v) is 4.23. The number of nitrogens with zero attached hydrogens (tertiary/aromatic N) is 6. The van der Waals surface area contributed by atoms with Crippen LogP contribution < -0.4 is 0 Å². The van der Waals surface area contributed by atoms with Crippen LogP contribution in [0.15, 0.2) is 42.6 Å². The summed E-state index contributed by atoms with van der Waals surface area (Å²) in [6.07, 6.45) is 2.79. The first-order valence-electron chi connectivity index (χ1n) is 10.8. The topological polar surface area (TPSA) is 80.0 Å². The molecule has 0 atom stereocenters. The van der Waals surface area contributed by atoms with Crippen LogP contribution in [0.1, 0.15) is 31.0 Å². The molecule has 0 radical (unpaired) electrons. The van der Waals surface area contributed by atoms with E-state index in [2.05, 4.69) is 40.1 Å². The molecule has 0 saturated carbocycles. The summed E-state index contributed by atoms with van der Waals surface area (Å²) in [4.78, 5) is 7.13. The van der Waals surface area contributed by atoms with E-state index >= 15 is 0 Å². The number of phenolic OH excluding ortho intramolecular Hbond substituents is 1. The van der Waals surface area contributed by atoms with Gasteiger partial charge >= 0.3 is 0 Å². The van der Waals surface area contributed by atoms with Crippen molar-refractivity contribution >= 4 is 11.0 Å². The van der Waals surface area contributed by atoms with Gasteiger partial charge in [-0.15, -0.1) is 0 Å². The molecule has 0 amide bonds. The zero-order valence-corrected chi connectivity index (χ0v) is 18.1. The molecule has 0 aliphatic carbocycles. The number of hydrogen-bond donors (Lipinski definition) is 1. The van der Waals surface area contributed by atoms with Crippen LogP contribution >= 0.6 is 0 Å². The zero-order chi connectivity index (χ0) is 21.5. The Morgan fingerprint density at radius 3 is 2.55 bits per heavy atom. The fourth-order valence-electron chi connectivity index (χ4n) is 4.23. The number of aromatic nitrogens is 5. The Labute approximate surface area is 181 Å². The van der Waals surface area contributed by atoms with E-state index in [0.717, 1.165) is 59.6 Å². The number of fused-ring (bicyclic) bond motifs is 1.